The van der Waals surface area contributed by atoms with Crippen molar-refractivity contribution in [2.24, 2.45) is 0 Å². The summed E-state index contributed by atoms with van der Waals surface area (Å²) < 4.78 is 29.1. The van der Waals surface area contributed by atoms with Crippen LogP contribution in [0.15, 0.2) is 59.7 Å². The van der Waals surface area contributed by atoms with Gasteiger partial charge >= 0.3 is 0 Å². The highest BCUT2D eigenvalue weighted by molar-refractivity contribution is 6.31. The molecule has 1 N–H and O–H groups in total. The average molecular weight is 509 g/mol. The van der Waals surface area contributed by atoms with Crippen LogP contribution in [0.4, 0.5) is 0 Å². The van der Waals surface area contributed by atoms with Gasteiger partial charge in [-0.2, -0.15) is 0 Å². The van der Waals surface area contributed by atoms with Crippen molar-refractivity contribution in [1.82, 2.24) is 19.5 Å². The Kier molecular flexibility index (Phi) is 6.36. The normalized spacial score (nSPS) is 12.6. The summed E-state index contributed by atoms with van der Waals surface area (Å²) in [6.07, 6.45) is 3.15. The van der Waals surface area contributed by atoms with Crippen LogP contribution in [-0.4, -0.2) is 31.7 Å². The van der Waals surface area contributed by atoms with Gasteiger partial charge < -0.3 is 14.6 Å². The number of ether oxygens (including phenoxy) is 2. The molecule has 3 aromatic heterocycles. The summed E-state index contributed by atoms with van der Waals surface area (Å²) in [5.41, 5.74) is 1.02. The van der Waals surface area contributed by atoms with Gasteiger partial charge in [0.05, 0.1) is 26.9 Å². The third-order valence-corrected chi connectivity index (χ3v) is 5.78. The molecule has 0 bridgehead atoms. The molecular weight excluding hydrogens is 480 g/mol. The van der Waals surface area contributed by atoms with Gasteiger partial charge in [0.2, 0.25) is 0 Å². The van der Waals surface area contributed by atoms with Crippen LogP contribution in [0, 0.1) is 13.8 Å². The van der Waals surface area contributed by atoms with Gasteiger partial charge in [-0.25, -0.2) is 9.97 Å². The fourth-order valence-corrected chi connectivity index (χ4v) is 3.72. The fourth-order valence-electron chi connectivity index (χ4n) is 3.55. The molecule has 0 amide bonds. The molecule has 3 heterocycles. The number of methoxy groups -OCH3 is 1. The minimum Gasteiger partial charge on any atom is -0.497 e. The SMILES string of the molecule is [2H]C([2H])(Oc1cc(C)n(-c2cc(-c3ccnc(C(C)(C)O)n3)ncc2C)c(=O)c1Cl)c1cccc(OC)c1. The maximum Gasteiger partial charge on any atom is 0.277 e. The molecule has 186 valence electrons. The molecule has 0 saturated carbocycles. The van der Waals surface area contributed by atoms with Crippen LogP contribution >= 0.6 is 11.6 Å². The highest BCUT2D eigenvalue weighted by atomic mass is 35.5. The Hall–Kier alpha value is -3.75. The standard InChI is InChI=1S/C27H27ClN4O4/c1-16-14-30-21(20-9-10-29-26(31-20)27(3,4)34)13-22(16)32-17(2)11-23(24(28)25(32)33)36-15-18-7-6-8-19(12-18)35-5/h6-14,34H,15H2,1-5H3/i15D2. The minimum absolute atomic E-state index is 0.0872. The van der Waals surface area contributed by atoms with E-state index in [4.69, 9.17) is 23.8 Å². The van der Waals surface area contributed by atoms with Crippen LogP contribution in [0.1, 0.15) is 39.2 Å². The molecule has 0 unspecified atom stereocenters. The number of pyridine rings is 2. The van der Waals surface area contributed by atoms with Crippen molar-refractivity contribution in [2.75, 3.05) is 7.11 Å². The number of aromatic nitrogens is 4. The van der Waals surface area contributed by atoms with Crippen LogP contribution in [0.25, 0.3) is 17.1 Å². The molecule has 4 rings (SSSR count). The maximum absolute atomic E-state index is 13.4. The van der Waals surface area contributed by atoms with Crippen molar-refractivity contribution in [1.29, 1.82) is 0 Å². The van der Waals surface area contributed by atoms with Gasteiger partial charge in [0, 0.05) is 24.2 Å². The van der Waals surface area contributed by atoms with E-state index >= 15 is 0 Å². The minimum atomic E-state index is -2.28. The highest BCUT2D eigenvalue weighted by Crippen LogP contribution is 2.28. The number of benzene rings is 1. The fraction of sp³-hybridized carbons (Fsp3) is 0.259. The van der Waals surface area contributed by atoms with Crippen LogP contribution in [0.3, 0.4) is 0 Å². The first-order valence-electron chi connectivity index (χ1n) is 12.1. The van der Waals surface area contributed by atoms with Crippen molar-refractivity contribution >= 4 is 11.6 Å². The summed E-state index contributed by atoms with van der Waals surface area (Å²) in [7, 11) is 1.49. The molecule has 1 aromatic carbocycles. The predicted octanol–water partition coefficient (Wildman–Crippen LogP) is 4.77. The lowest BCUT2D eigenvalue weighted by molar-refractivity contribution is 0.0688. The number of rotatable bonds is 7. The molecule has 0 saturated heterocycles. The summed E-state index contributed by atoms with van der Waals surface area (Å²) in [6.45, 7) is 4.40. The van der Waals surface area contributed by atoms with Gasteiger partial charge in [-0.3, -0.25) is 14.3 Å². The van der Waals surface area contributed by atoms with Crippen molar-refractivity contribution in [2.45, 2.75) is 39.9 Å². The lowest BCUT2D eigenvalue weighted by Gasteiger charge is -2.18. The van der Waals surface area contributed by atoms with E-state index in [2.05, 4.69) is 15.0 Å². The maximum atomic E-state index is 13.4. The monoisotopic (exact) mass is 508 g/mol. The van der Waals surface area contributed by atoms with Gasteiger partial charge in [0.25, 0.3) is 5.56 Å². The summed E-state index contributed by atoms with van der Waals surface area (Å²) in [4.78, 5) is 26.5. The molecule has 0 atom stereocenters. The van der Waals surface area contributed by atoms with Crippen LogP contribution in [0.5, 0.6) is 11.5 Å². The zero-order valence-corrected chi connectivity index (χ0v) is 21.3. The Morgan fingerprint density at radius 3 is 2.64 bits per heavy atom. The van der Waals surface area contributed by atoms with Gasteiger partial charge in [0.1, 0.15) is 28.7 Å². The molecule has 9 heteroatoms. The molecule has 0 fully saturated rings. The molecule has 36 heavy (non-hydrogen) atoms. The van der Waals surface area contributed by atoms with Crippen molar-refractivity contribution < 1.29 is 17.3 Å². The van der Waals surface area contributed by atoms with E-state index in [1.54, 1.807) is 64.2 Å². The number of nitrogens with zero attached hydrogens (tertiary/aromatic N) is 4. The first-order valence-corrected chi connectivity index (χ1v) is 11.5. The molecule has 0 aliphatic heterocycles. The molecule has 0 aliphatic carbocycles. The molecule has 0 aliphatic rings. The molecular formula is C27H27ClN4O4. The number of aliphatic hydroxyl groups is 1. The Labute approximate surface area is 217 Å². The summed E-state index contributed by atoms with van der Waals surface area (Å²) >= 11 is 6.44. The number of hydrogen-bond donors (Lipinski definition) is 1. The third kappa shape index (κ3) is 5.24. The van der Waals surface area contributed by atoms with E-state index in [-0.39, 0.29) is 22.2 Å². The zero-order valence-electron chi connectivity index (χ0n) is 22.5. The van der Waals surface area contributed by atoms with E-state index in [0.29, 0.717) is 34.1 Å². The van der Waals surface area contributed by atoms with Gasteiger partial charge in [-0.1, -0.05) is 23.7 Å². The van der Waals surface area contributed by atoms with Gasteiger partial charge in [-0.05, 0) is 63.1 Å². The predicted molar refractivity (Wildman–Crippen MR) is 138 cm³/mol. The average Bonchev–Trinajstić information content (AvgIpc) is 2.87. The van der Waals surface area contributed by atoms with E-state index in [1.165, 1.54) is 30.0 Å². The van der Waals surface area contributed by atoms with Crippen LogP contribution in [0.2, 0.25) is 5.02 Å². The second kappa shape index (κ2) is 10.1. The molecule has 0 radical (unpaired) electrons. The third-order valence-electron chi connectivity index (χ3n) is 5.43. The Bertz CT molecular complexity index is 1570. The Morgan fingerprint density at radius 2 is 1.92 bits per heavy atom. The lowest BCUT2D eigenvalue weighted by atomic mass is 10.1. The Balaban J connectivity index is 1.76. The molecule has 4 aromatic rings. The first-order chi connectivity index (χ1) is 17.8. The largest absolute Gasteiger partial charge is 0.497 e. The highest BCUT2D eigenvalue weighted by Gasteiger charge is 2.21. The second-order valence-corrected chi connectivity index (χ2v) is 9.10. The van der Waals surface area contributed by atoms with E-state index in [0.717, 1.165) is 0 Å². The lowest BCUT2D eigenvalue weighted by Crippen LogP contribution is -2.23. The van der Waals surface area contributed by atoms with Crippen LogP contribution < -0.4 is 15.0 Å². The van der Waals surface area contributed by atoms with E-state index < -0.39 is 17.7 Å². The first kappa shape index (κ1) is 22.7. The zero-order chi connectivity index (χ0) is 27.8. The van der Waals surface area contributed by atoms with Crippen LogP contribution in [-0.2, 0) is 12.2 Å². The molecule has 8 nitrogen and oxygen atoms in total. The van der Waals surface area contributed by atoms with Crippen molar-refractivity contribution in [3.05, 3.63) is 92.9 Å². The number of halogens is 1. The number of aryl methyl sites for hydroxylation is 2. The van der Waals surface area contributed by atoms with Crippen molar-refractivity contribution in [3.8, 4) is 28.6 Å². The van der Waals surface area contributed by atoms with E-state index in [9.17, 15) is 9.90 Å². The summed E-state index contributed by atoms with van der Waals surface area (Å²) in [5, 5.41) is 10.0. The van der Waals surface area contributed by atoms with E-state index in [1.807, 2.05) is 0 Å². The summed E-state index contributed by atoms with van der Waals surface area (Å²) in [5.74, 6) is 0.618. The van der Waals surface area contributed by atoms with Crippen molar-refractivity contribution in [3.63, 3.8) is 0 Å². The smallest absolute Gasteiger partial charge is 0.277 e. The van der Waals surface area contributed by atoms with Gasteiger partial charge in [-0.15, -0.1) is 0 Å². The van der Waals surface area contributed by atoms with Gasteiger partial charge in [0.15, 0.2) is 5.82 Å². The topological polar surface area (TPSA) is 99.4 Å². The number of hydrogen-bond acceptors (Lipinski definition) is 7. The second-order valence-electron chi connectivity index (χ2n) is 8.72. The Morgan fingerprint density at radius 1 is 1.14 bits per heavy atom. The molecule has 0 spiro atoms. The quantitative estimate of drug-likeness (QED) is 0.383. The summed E-state index contributed by atoms with van der Waals surface area (Å²) in [6, 6.07) is 11.3.